The SMILES string of the molecule is N=C(N)N1CCC(CC(=O)Oc2ccc(Cl)cc2)CC1. The first kappa shape index (κ1) is 14.7. The summed E-state index contributed by atoms with van der Waals surface area (Å²) < 4.78 is 5.27. The van der Waals surface area contributed by atoms with Crippen molar-refractivity contribution in [1.82, 2.24) is 4.90 Å². The van der Waals surface area contributed by atoms with Gasteiger partial charge in [-0.3, -0.25) is 10.2 Å². The lowest BCUT2D eigenvalue weighted by molar-refractivity contribution is -0.135. The van der Waals surface area contributed by atoms with Crippen molar-refractivity contribution in [3.05, 3.63) is 29.3 Å². The molecule has 0 aliphatic carbocycles. The maximum Gasteiger partial charge on any atom is 0.311 e. The Morgan fingerprint density at radius 3 is 2.50 bits per heavy atom. The molecular weight excluding hydrogens is 278 g/mol. The van der Waals surface area contributed by atoms with E-state index in [2.05, 4.69) is 0 Å². The van der Waals surface area contributed by atoms with E-state index < -0.39 is 0 Å². The zero-order chi connectivity index (χ0) is 14.5. The van der Waals surface area contributed by atoms with Crippen molar-refractivity contribution in [2.45, 2.75) is 19.3 Å². The lowest BCUT2D eigenvalue weighted by Gasteiger charge is -2.31. The number of nitrogens with one attached hydrogen (secondary N) is 1. The van der Waals surface area contributed by atoms with Crippen molar-refractivity contribution in [2.24, 2.45) is 11.7 Å². The Kier molecular flexibility index (Phi) is 4.84. The minimum Gasteiger partial charge on any atom is -0.427 e. The van der Waals surface area contributed by atoms with Gasteiger partial charge in [0.1, 0.15) is 5.75 Å². The molecule has 5 nitrogen and oxygen atoms in total. The second-order valence-corrected chi connectivity index (χ2v) is 5.38. The summed E-state index contributed by atoms with van der Waals surface area (Å²) in [5.74, 6) is 0.687. The zero-order valence-corrected chi connectivity index (χ0v) is 11.9. The van der Waals surface area contributed by atoms with Crippen molar-refractivity contribution < 1.29 is 9.53 Å². The molecule has 1 saturated heterocycles. The van der Waals surface area contributed by atoms with E-state index in [4.69, 9.17) is 27.5 Å². The molecule has 20 heavy (non-hydrogen) atoms. The van der Waals surface area contributed by atoms with E-state index in [0.717, 1.165) is 25.9 Å². The molecule has 0 radical (unpaired) electrons. The van der Waals surface area contributed by atoms with Crippen molar-refractivity contribution in [1.29, 1.82) is 5.41 Å². The Morgan fingerprint density at radius 1 is 1.35 bits per heavy atom. The van der Waals surface area contributed by atoms with Crippen LogP contribution in [0.25, 0.3) is 0 Å². The summed E-state index contributed by atoms with van der Waals surface area (Å²) in [6.45, 7) is 1.46. The number of rotatable bonds is 3. The average Bonchev–Trinajstić information content (AvgIpc) is 2.42. The van der Waals surface area contributed by atoms with Gasteiger partial charge in [0.2, 0.25) is 0 Å². The van der Waals surface area contributed by atoms with Gasteiger partial charge in [-0.25, -0.2) is 0 Å². The van der Waals surface area contributed by atoms with E-state index in [9.17, 15) is 4.79 Å². The molecule has 1 aromatic carbocycles. The number of nitrogens with two attached hydrogens (primary N) is 1. The lowest BCUT2D eigenvalue weighted by Crippen LogP contribution is -2.42. The van der Waals surface area contributed by atoms with Crippen LogP contribution in [0, 0.1) is 11.3 Å². The van der Waals surface area contributed by atoms with Crippen LogP contribution < -0.4 is 10.5 Å². The number of benzene rings is 1. The van der Waals surface area contributed by atoms with Gasteiger partial charge >= 0.3 is 5.97 Å². The topological polar surface area (TPSA) is 79.4 Å². The van der Waals surface area contributed by atoms with E-state index in [-0.39, 0.29) is 11.9 Å². The fourth-order valence-corrected chi connectivity index (χ4v) is 2.42. The van der Waals surface area contributed by atoms with E-state index in [0.29, 0.717) is 23.1 Å². The minimum atomic E-state index is -0.228. The van der Waals surface area contributed by atoms with Gasteiger partial charge in [0.15, 0.2) is 5.96 Å². The van der Waals surface area contributed by atoms with Gasteiger partial charge in [-0.05, 0) is 43.0 Å². The molecule has 6 heteroatoms. The van der Waals surface area contributed by atoms with Crippen molar-refractivity contribution in [3.63, 3.8) is 0 Å². The number of esters is 1. The molecule has 0 unspecified atom stereocenters. The molecule has 0 atom stereocenters. The summed E-state index contributed by atoms with van der Waals surface area (Å²) in [6, 6.07) is 6.74. The number of hydrogen-bond acceptors (Lipinski definition) is 3. The number of halogens is 1. The van der Waals surface area contributed by atoms with Crippen molar-refractivity contribution >= 4 is 23.5 Å². The van der Waals surface area contributed by atoms with Gasteiger partial charge in [0, 0.05) is 24.5 Å². The number of ether oxygens (including phenoxy) is 1. The molecule has 0 saturated carbocycles. The first-order chi connectivity index (χ1) is 9.54. The van der Waals surface area contributed by atoms with Gasteiger partial charge in [-0.1, -0.05) is 11.6 Å². The van der Waals surface area contributed by atoms with Crippen LogP contribution >= 0.6 is 11.6 Å². The zero-order valence-electron chi connectivity index (χ0n) is 11.1. The highest BCUT2D eigenvalue weighted by Gasteiger charge is 2.22. The third-order valence-electron chi connectivity index (χ3n) is 3.46. The highest BCUT2D eigenvalue weighted by atomic mass is 35.5. The number of piperidine rings is 1. The first-order valence-electron chi connectivity index (χ1n) is 6.60. The Bertz CT molecular complexity index is 482. The third-order valence-corrected chi connectivity index (χ3v) is 3.71. The van der Waals surface area contributed by atoms with Crippen molar-refractivity contribution in [3.8, 4) is 5.75 Å². The molecule has 2 rings (SSSR count). The van der Waals surface area contributed by atoms with E-state index in [1.807, 2.05) is 4.90 Å². The van der Waals surface area contributed by atoms with Crippen LogP contribution in [0.4, 0.5) is 0 Å². The summed E-state index contributed by atoms with van der Waals surface area (Å²) in [5, 5.41) is 7.98. The second-order valence-electron chi connectivity index (χ2n) is 4.95. The van der Waals surface area contributed by atoms with Crippen LogP contribution in [0.5, 0.6) is 5.75 Å². The van der Waals surface area contributed by atoms with Gasteiger partial charge < -0.3 is 15.4 Å². The molecule has 3 N–H and O–H groups in total. The monoisotopic (exact) mass is 295 g/mol. The summed E-state index contributed by atoms with van der Waals surface area (Å²) in [6.07, 6.45) is 2.11. The van der Waals surface area contributed by atoms with Crippen molar-refractivity contribution in [2.75, 3.05) is 13.1 Å². The quantitative estimate of drug-likeness (QED) is 0.388. The molecule has 0 bridgehead atoms. The number of hydrogen-bond donors (Lipinski definition) is 2. The van der Waals surface area contributed by atoms with Crippen LogP contribution in [-0.2, 0) is 4.79 Å². The van der Waals surface area contributed by atoms with Gasteiger partial charge in [0.25, 0.3) is 0 Å². The van der Waals surface area contributed by atoms with Crippen LogP contribution in [0.1, 0.15) is 19.3 Å². The Hall–Kier alpha value is -1.75. The maximum atomic E-state index is 11.8. The fraction of sp³-hybridized carbons (Fsp3) is 0.429. The third kappa shape index (κ3) is 4.13. The summed E-state index contributed by atoms with van der Waals surface area (Å²) in [7, 11) is 0. The highest BCUT2D eigenvalue weighted by Crippen LogP contribution is 2.22. The Morgan fingerprint density at radius 2 is 1.95 bits per heavy atom. The number of carbonyl (C=O) groups excluding carboxylic acids is 1. The lowest BCUT2D eigenvalue weighted by atomic mass is 9.94. The normalized spacial score (nSPS) is 15.9. The number of nitrogens with zero attached hydrogens (tertiary/aromatic N) is 1. The maximum absolute atomic E-state index is 11.8. The first-order valence-corrected chi connectivity index (χ1v) is 6.97. The molecule has 1 aromatic rings. The predicted molar refractivity (Wildman–Crippen MR) is 77.9 cm³/mol. The van der Waals surface area contributed by atoms with Gasteiger partial charge in [-0.2, -0.15) is 0 Å². The number of carbonyl (C=O) groups is 1. The Labute approximate surface area is 123 Å². The highest BCUT2D eigenvalue weighted by molar-refractivity contribution is 6.30. The van der Waals surface area contributed by atoms with Gasteiger partial charge in [0.05, 0.1) is 0 Å². The molecular formula is C14H18ClN3O2. The summed E-state index contributed by atoms with van der Waals surface area (Å²) in [4.78, 5) is 13.7. The molecule has 0 amide bonds. The fourth-order valence-electron chi connectivity index (χ4n) is 2.29. The van der Waals surface area contributed by atoms with E-state index in [1.165, 1.54) is 0 Å². The average molecular weight is 296 g/mol. The Balaban J connectivity index is 1.78. The number of likely N-dealkylation sites (tertiary alicyclic amines) is 1. The molecule has 0 aromatic heterocycles. The minimum absolute atomic E-state index is 0.104. The van der Waals surface area contributed by atoms with E-state index >= 15 is 0 Å². The van der Waals surface area contributed by atoms with Crippen LogP contribution in [0.15, 0.2) is 24.3 Å². The van der Waals surface area contributed by atoms with Crippen LogP contribution in [-0.4, -0.2) is 29.9 Å². The molecule has 1 aliphatic rings. The smallest absolute Gasteiger partial charge is 0.311 e. The molecule has 0 spiro atoms. The van der Waals surface area contributed by atoms with E-state index in [1.54, 1.807) is 24.3 Å². The summed E-state index contributed by atoms with van der Waals surface area (Å²) in [5.41, 5.74) is 5.44. The summed E-state index contributed by atoms with van der Waals surface area (Å²) >= 11 is 5.77. The predicted octanol–water partition coefficient (Wildman–Crippen LogP) is 2.24. The second kappa shape index (κ2) is 6.61. The van der Waals surface area contributed by atoms with Gasteiger partial charge in [-0.15, -0.1) is 0 Å². The number of guanidine groups is 1. The molecule has 1 fully saturated rings. The molecule has 1 heterocycles. The standard InChI is InChI=1S/C14H18ClN3O2/c15-11-1-3-12(4-2-11)20-13(19)9-10-5-7-18(8-6-10)14(16)17/h1-4,10H,5-9H2,(H3,16,17). The van der Waals surface area contributed by atoms with Crippen LogP contribution in [0.3, 0.4) is 0 Å². The molecule has 1 aliphatic heterocycles. The largest absolute Gasteiger partial charge is 0.427 e. The van der Waals surface area contributed by atoms with Crippen LogP contribution in [0.2, 0.25) is 5.02 Å². The molecule has 108 valence electrons.